The molecular weight excluding hydrogens is 138 g/mol. The predicted octanol–water partition coefficient (Wildman–Crippen LogP) is 1.26. The molecule has 2 rings (SSSR count). The van der Waals surface area contributed by atoms with Crippen LogP contribution in [0.1, 0.15) is 26.2 Å². The van der Waals surface area contributed by atoms with E-state index in [1.807, 2.05) is 0 Å². The lowest BCUT2D eigenvalue weighted by molar-refractivity contribution is 0.0302. The summed E-state index contributed by atoms with van der Waals surface area (Å²) in [5.74, 6) is 0. The van der Waals surface area contributed by atoms with E-state index in [1.54, 1.807) is 0 Å². The molecule has 0 radical (unpaired) electrons. The second-order valence-electron chi connectivity index (χ2n) is 3.69. The van der Waals surface area contributed by atoms with Crippen LogP contribution in [-0.4, -0.2) is 36.7 Å². The minimum absolute atomic E-state index is 0.580. The lowest BCUT2D eigenvalue weighted by Gasteiger charge is -2.26. The fraction of sp³-hybridized carbons (Fsp3) is 1.00. The quantitative estimate of drug-likeness (QED) is 0.608. The molecule has 0 aromatic carbocycles. The summed E-state index contributed by atoms with van der Waals surface area (Å²) in [5.41, 5.74) is 0. The summed E-state index contributed by atoms with van der Waals surface area (Å²) in [7, 11) is 0. The molecule has 2 heterocycles. The average molecular weight is 155 g/mol. The number of rotatable bonds is 3. The van der Waals surface area contributed by atoms with Crippen molar-refractivity contribution in [3.8, 4) is 0 Å². The minimum atomic E-state index is 0.580. The molecule has 2 aliphatic rings. The van der Waals surface area contributed by atoms with Gasteiger partial charge in [0.15, 0.2) is 0 Å². The van der Waals surface area contributed by atoms with E-state index >= 15 is 0 Å². The van der Waals surface area contributed by atoms with Gasteiger partial charge in [-0.15, -0.1) is 0 Å². The summed E-state index contributed by atoms with van der Waals surface area (Å²) in [4.78, 5) is 2.59. The number of fused-ring (bicyclic) bond motifs is 2. The Bertz CT molecular complexity index is 138. The molecular formula is C9H17NO. The molecule has 0 aromatic rings. The van der Waals surface area contributed by atoms with E-state index in [2.05, 4.69) is 11.8 Å². The van der Waals surface area contributed by atoms with Crippen molar-refractivity contribution < 1.29 is 4.74 Å². The van der Waals surface area contributed by atoms with E-state index in [9.17, 15) is 0 Å². The van der Waals surface area contributed by atoms with Crippen LogP contribution < -0.4 is 0 Å². The highest BCUT2D eigenvalue weighted by molar-refractivity contribution is 4.90. The number of nitrogens with zero attached hydrogens (tertiary/aromatic N) is 1. The standard InChI is InChI=1S/C9H17NO/c1-2-3-4-10-6-9-5-8(10)7-11-9/h8-9H,2-7H2,1H3/t8-,9-/m0/s1. The lowest BCUT2D eigenvalue weighted by Crippen LogP contribution is -2.37. The molecule has 0 spiro atoms. The fourth-order valence-electron chi connectivity index (χ4n) is 2.11. The maximum atomic E-state index is 5.52. The van der Waals surface area contributed by atoms with E-state index in [0.717, 1.165) is 12.6 Å². The normalized spacial score (nSPS) is 36.8. The average Bonchev–Trinajstić information content (AvgIpc) is 2.60. The van der Waals surface area contributed by atoms with Crippen LogP contribution in [-0.2, 0) is 4.74 Å². The van der Waals surface area contributed by atoms with Crippen LogP contribution in [0, 0.1) is 0 Å². The van der Waals surface area contributed by atoms with Crippen LogP contribution in [0.4, 0.5) is 0 Å². The lowest BCUT2D eigenvalue weighted by atomic mass is 10.2. The molecule has 2 fully saturated rings. The van der Waals surface area contributed by atoms with Crippen molar-refractivity contribution in [2.24, 2.45) is 0 Å². The van der Waals surface area contributed by atoms with Gasteiger partial charge in [0, 0.05) is 12.6 Å². The van der Waals surface area contributed by atoms with Gasteiger partial charge in [0.2, 0.25) is 0 Å². The van der Waals surface area contributed by atoms with Gasteiger partial charge in [0.1, 0.15) is 0 Å². The molecule has 0 N–H and O–H groups in total. The maximum Gasteiger partial charge on any atom is 0.0718 e. The monoisotopic (exact) mass is 155 g/mol. The third-order valence-electron chi connectivity index (χ3n) is 2.81. The van der Waals surface area contributed by atoms with E-state index in [4.69, 9.17) is 4.74 Å². The van der Waals surface area contributed by atoms with Gasteiger partial charge in [0.25, 0.3) is 0 Å². The minimum Gasteiger partial charge on any atom is -0.375 e. The highest BCUT2D eigenvalue weighted by atomic mass is 16.5. The first kappa shape index (κ1) is 7.56. The van der Waals surface area contributed by atoms with Crippen molar-refractivity contribution in [3.63, 3.8) is 0 Å². The molecule has 2 nitrogen and oxygen atoms in total. The van der Waals surface area contributed by atoms with Crippen molar-refractivity contribution in [1.82, 2.24) is 4.90 Å². The van der Waals surface area contributed by atoms with Gasteiger partial charge in [-0.3, -0.25) is 4.90 Å². The summed E-state index contributed by atoms with van der Waals surface area (Å²) in [6.45, 7) is 5.74. The van der Waals surface area contributed by atoms with E-state index < -0.39 is 0 Å². The van der Waals surface area contributed by atoms with Gasteiger partial charge < -0.3 is 4.74 Å². The zero-order valence-electron chi connectivity index (χ0n) is 7.25. The summed E-state index contributed by atoms with van der Waals surface area (Å²) < 4.78 is 5.52. The molecule has 2 saturated heterocycles. The van der Waals surface area contributed by atoms with Gasteiger partial charge in [-0.2, -0.15) is 0 Å². The first-order chi connectivity index (χ1) is 5.40. The van der Waals surface area contributed by atoms with Crippen LogP contribution in [0.15, 0.2) is 0 Å². The highest BCUT2D eigenvalue weighted by Crippen LogP contribution is 2.27. The molecule has 2 bridgehead atoms. The van der Waals surface area contributed by atoms with E-state index in [-0.39, 0.29) is 0 Å². The van der Waals surface area contributed by atoms with Crippen LogP contribution >= 0.6 is 0 Å². The number of morpholine rings is 1. The number of hydrogen-bond acceptors (Lipinski definition) is 2. The Morgan fingerprint density at radius 3 is 3.00 bits per heavy atom. The molecule has 2 heteroatoms. The van der Waals surface area contributed by atoms with E-state index in [1.165, 1.54) is 32.4 Å². The summed E-state index contributed by atoms with van der Waals surface area (Å²) >= 11 is 0. The van der Waals surface area contributed by atoms with Crippen molar-refractivity contribution in [3.05, 3.63) is 0 Å². The van der Waals surface area contributed by atoms with Crippen LogP contribution in [0.3, 0.4) is 0 Å². The zero-order chi connectivity index (χ0) is 7.68. The molecule has 2 aliphatic heterocycles. The third kappa shape index (κ3) is 1.42. The molecule has 0 aliphatic carbocycles. The van der Waals surface area contributed by atoms with Gasteiger partial charge >= 0.3 is 0 Å². The van der Waals surface area contributed by atoms with Gasteiger partial charge in [-0.05, 0) is 19.4 Å². The molecule has 64 valence electrons. The van der Waals surface area contributed by atoms with Gasteiger partial charge in [0.05, 0.1) is 12.7 Å². The van der Waals surface area contributed by atoms with Gasteiger partial charge in [-0.1, -0.05) is 13.3 Å². The molecule has 2 atom stereocenters. The highest BCUT2D eigenvalue weighted by Gasteiger charge is 2.38. The summed E-state index contributed by atoms with van der Waals surface area (Å²) in [5, 5.41) is 0. The molecule has 0 aromatic heterocycles. The summed E-state index contributed by atoms with van der Waals surface area (Å²) in [6.07, 6.45) is 4.54. The second-order valence-corrected chi connectivity index (χ2v) is 3.69. The molecule has 0 amide bonds. The van der Waals surface area contributed by atoms with Crippen molar-refractivity contribution in [1.29, 1.82) is 0 Å². The Balaban J connectivity index is 1.78. The number of unbranched alkanes of at least 4 members (excludes halogenated alkanes) is 1. The topological polar surface area (TPSA) is 12.5 Å². The zero-order valence-corrected chi connectivity index (χ0v) is 7.25. The molecule has 0 saturated carbocycles. The smallest absolute Gasteiger partial charge is 0.0718 e. The molecule has 0 unspecified atom stereocenters. The Morgan fingerprint density at radius 1 is 1.55 bits per heavy atom. The maximum absolute atomic E-state index is 5.52. The summed E-state index contributed by atoms with van der Waals surface area (Å²) in [6, 6.07) is 0.770. The third-order valence-corrected chi connectivity index (χ3v) is 2.81. The molecule has 11 heavy (non-hydrogen) atoms. The van der Waals surface area contributed by atoms with Crippen molar-refractivity contribution in [2.45, 2.75) is 38.3 Å². The van der Waals surface area contributed by atoms with Crippen LogP contribution in [0.2, 0.25) is 0 Å². The van der Waals surface area contributed by atoms with Crippen LogP contribution in [0.25, 0.3) is 0 Å². The largest absolute Gasteiger partial charge is 0.375 e. The van der Waals surface area contributed by atoms with Crippen LogP contribution in [0.5, 0.6) is 0 Å². The first-order valence-corrected chi connectivity index (χ1v) is 4.76. The van der Waals surface area contributed by atoms with Crippen molar-refractivity contribution >= 4 is 0 Å². The van der Waals surface area contributed by atoms with Gasteiger partial charge in [-0.25, -0.2) is 0 Å². The predicted molar refractivity (Wildman–Crippen MR) is 44.6 cm³/mol. The van der Waals surface area contributed by atoms with E-state index in [0.29, 0.717) is 6.10 Å². The Morgan fingerprint density at radius 2 is 2.45 bits per heavy atom. The fourth-order valence-corrected chi connectivity index (χ4v) is 2.11. The number of hydrogen-bond donors (Lipinski definition) is 0. The SMILES string of the molecule is CCCCN1C[C@@H]2C[C@H]1CO2. The Hall–Kier alpha value is -0.0800. The Kier molecular flexibility index (Phi) is 2.14. The second kappa shape index (κ2) is 3.11. The Labute approximate surface area is 68.5 Å². The number of likely N-dealkylation sites (tertiary alicyclic amines) is 1. The first-order valence-electron chi connectivity index (χ1n) is 4.76. The number of ether oxygens (including phenoxy) is 1. The van der Waals surface area contributed by atoms with Crippen molar-refractivity contribution in [2.75, 3.05) is 19.7 Å².